The third kappa shape index (κ3) is 4.27. The van der Waals surface area contributed by atoms with Crippen molar-refractivity contribution >= 4 is 11.7 Å². The molecule has 0 unspecified atom stereocenters. The van der Waals surface area contributed by atoms with Gasteiger partial charge in [-0.05, 0) is 32.8 Å². The van der Waals surface area contributed by atoms with Gasteiger partial charge in [0.2, 0.25) is 5.91 Å². The third-order valence-corrected chi connectivity index (χ3v) is 4.34. The molecular weight excluding hydrogens is 342 g/mol. The maximum Gasteiger partial charge on any atom is 0.247 e. The Labute approximate surface area is 159 Å². The van der Waals surface area contributed by atoms with E-state index in [4.69, 9.17) is 0 Å². The number of hydrogen-bond acceptors (Lipinski definition) is 4. The number of aryl methyl sites for hydroxylation is 4. The van der Waals surface area contributed by atoms with E-state index in [1.54, 1.807) is 10.9 Å². The first-order valence-electron chi connectivity index (χ1n) is 9.42. The van der Waals surface area contributed by atoms with Crippen LogP contribution in [0.2, 0.25) is 0 Å². The number of rotatable bonds is 8. The van der Waals surface area contributed by atoms with Gasteiger partial charge in [-0.2, -0.15) is 15.3 Å². The van der Waals surface area contributed by atoms with Crippen molar-refractivity contribution in [1.82, 2.24) is 29.3 Å². The molecule has 3 aromatic heterocycles. The Hall–Kier alpha value is -2.90. The molecule has 1 N–H and O–H groups in total. The molecule has 0 bridgehead atoms. The molecule has 0 aromatic carbocycles. The van der Waals surface area contributed by atoms with Crippen molar-refractivity contribution < 1.29 is 4.79 Å². The number of nitrogens with zero attached hydrogens (tertiary/aromatic N) is 6. The molecule has 3 aromatic rings. The minimum Gasteiger partial charge on any atom is -0.309 e. The third-order valence-electron chi connectivity index (χ3n) is 4.34. The van der Waals surface area contributed by atoms with E-state index in [1.165, 1.54) is 0 Å². The second-order valence-corrected chi connectivity index (χ2v) is 6.74. The van der Waals surface area contributed by atoms with Gasteiger partial charge >= 0.3 is 0 Å². The average molecular weight is 369 g/mol. The highest BCUT2D eigenvalue weighted by Crippen LogP contribution is 2.21. The van der Waals surface area contributed by atoms with Gasteiger partial charge in [0.1, 0.15) is 12.4 Å². The van der Waals surface area contributed by atoms with Crippen LogP contribution in [0.3, 0.4) is 0 Å². The highest BCUT2D eigenvalue weighted by molar-refractivity contribution is 5.90. The van der Waals surface area contributed by atoms with Crippen molar-refractivity contribution in [1.29, 1.82) is 0 Å². The minimum atomic E-state index is -0.121. The lowest BCUT2D eigenvalue weighted by Gasteiger charge is -2.09. The average Bonchev–Trinajstić information content (AvgIpc) is 3.31. The second-order valence-electron chi connectivity index (χ2n) is 6.74. The van der Waals surface area contributed by atoms with Crippen LogP contribution in [0.15, 0.2) is 24.7 Å². The van der Waals surface area contributed by atoms with Crippen LogP contribution in [0.5, 0.6) is 0 Å². The van der Waals surface area contributed by atoms with Gasteiger partial charge in [0.15, 0.2) is 0 Å². The van der Waals surface area contributed by atoms with Crippen LogP contribution >= 0.6 is 0 Å². The van der Waals surface area contributed by atoms with Crippen molar-refractivity contribution in [3.8, 4) is 11.3 Å². The summed E-state index contributed by atoms with van der Waals surface area (Å²) < 4.78 is 5.42. The Balaban J connectivity index is 1.69. The molecule has 0 saturated carbocycles. The van der Waals surface area contributed by atoms with E-state index in [2.05, 4.69) is 34.5 Å². The van der Waals surface area contributed by atoms with Crippen molar-refractivity contribution in [2.24, 2.45) is 0 Å². The minimum absolute atomic E-state index is 0.121. The summed E-state index contributed by atoms with van der Waals surface area (Å²) >= 11 is 0. The SMILES string of the molecule is CCCn1cc(-c2ccn(CC(=O)Nc3c(C)cnn3CCC)n2)c(C)n1. The fourth-order valence-electron chi connectivity index (χ4n) is 3.05. The molecule has 3 rings (SSSR count). The number of amides is 1. The Kier molecular flexibility index (Phi) is 5.73. The standard InChI is InChI=1S/C19H27N7O/c1-5-8-24-12-16(15(4)22-24)17-7-10-25(23-17)13-18(27)21-19-14(3)11-20-26(19)9-6-2/h7,10-12H,5-6,8-9,13H2,1-4H3,(H,21,27). The predicted molar refractivity (Wildman–Crippen MR) is 104 cm³/mol. The summed E-state index contributed by atoms with van der Waals surface area (Å²) in [5.41, 5.74) is 3.73. The van der Waals surface area contributed by atoms with Gasteiger partial charge < -0.3 is 5.32 Å². The Morgan fingerprint density at radius 3 is 2.63 bits per heavy atom. The van der Waals surface area contributed by atoms with E-state index in [-0.39, 0.29) is 12.5 Å². The molecule has 0 saturated heterocycles. The van der Waals surface area contributed by atoms with Crippen LogP contribution < -0.4 is 5.32 Å². The second kappa shape index (κ2) is 8.20. The summed E-state index contributed by atoms with van der Waals surface area (Å²) in [4.78, 5) is 12.5. The van der Waals surface area contributed by atoms with E-state index < -0.39 is 0 Å². The van der Waals surface area contributed by atoms with Gasteiger partial charge in [-0.1, -0.05) is 13.8 Å². The number of aromatic nitrogens is 6. The molecule has 27 heavy (non-hydrogen) atoms. The largest absolute Gasteiger partial charge is 0.309 e. The number of carbonyl (C=O) groups is 1. The first kappa shape index (κ1) is 18.9. The van der Waals surface area contributed by atoms with Gasteiger partial charge in [0.05, 0.1) is 17.6 Å². The van der Waals surface area contributed by atoms with Crippen LogP contribution in [0.25, 0.3) is 11.3 Å². The maximum atomic E-state index is 12.5. The Bertz CT molecular complexity index is 919. The normalized spacial score (nSPS) is 11.1. The van der Waals surface area contributed by atoms with E-state index in [0.29, 0.717) is 0 Å². The van der Waals surface area contributed by atoms with Crippen molar-refractivity contribution in [2.75, 3.05) is 5.32 Å². The highest BCUT2D eigenvalue weighted by atomic mass is 16.2. The molecular formula is C19H27N7O. The lowest BCUT2D eigenvalue weighted by molar-refractivity contribution is -0.117. The van der Waals surface area contributed by atoms with Crippen LogP contribution in [0.1, 0.15) is 37.9 Å². The maximum absolute atomic E-state index is 12.5. The van der Waals surface area contributed by atoms with E-state index in [9.17, 15) is 4.79 Å². The number of hydrogen-bond donors (Lipinski definition) is 1. The first-order valence-corrected chi connectivity index (χ1v) is 9.42. The van der Waals surface area contributed by atoms with Crippen LogP contribution in [0, 0.1) is 13.8 Å². The number of carbonyl (C=O) groups excluding carboxylic acids is 1. The molecule has 8 nitrogen and oxygen atoms in total. The number of nitrogens with one attached hydrogen (secondary N) is 1. The molecule has 0 spiro atoms. The molecule has 0 aliphatic carbocycles. The van der Waals surface area contributed by atoms with E-state index >= 15 is 0 Å². The molecule has 1 amide bonds. The fourth-order valence-corrected chi connectivity index (χ4v) is 3.05. The van der Waals surface area contributed by atoms with Crippen molar-refractivity contribution in [3.63, 3.8) is 0 Å². The molecule has 0 radical (unpaired) electrons. The highest BCUT2D eigenvalue weighted by Gasteiger charge is 2.14. The Morgan fingerprint density at radius 1 is 1.11 bits per heavy atom. The summed E-state index contributed by atoms with van der Waals surface area (Å²) in [6.07, 6.45) is 7.59. The zero-order chi connectivity index (χ0) is 19.4. The molecule has 144 valence electrons. The van der Waals surface area contributed by atoms with E-state index in [1.807, 2.05) is 41.7 Å². The predicted octanol–water partition coefficient (Wildman–Crippen LogP) is 3.02. The van der Waals surface area contributed by atoms with Crippen molar-refractivity contribution in [3.05, 3.63) is 35.9 Å². The monoisotopic (exact) mass is 369 g/mol. The first-order chi connectivity index (χ1) is 13.0. The lowest BCUT2D eigenvalue weighted by Crippen LogP contribution is -2.21. The molecule has 0 fully saturated rings. The number of anilines is 1. The van der Waals surface area contributed by atoms with Gasteiger partial charge in [-0.3, -0.25) is 14.2 Å². The molecule has 0 atom stereocenters. The fraction of sp³-hybridized carbons (Fsp3) is 0.474. The van der Waals surface area contributed by atoms with Crippen LogP contribution in [-0.2, 0) is 24.4 Å². The van der Waals surface area contributed by atoms with Crippen LogP contribution in [-0.4, -0.2) is 35.2 Å². The zero-order valence-corrected chi connectivity index (χ0v) is 16.4. The zero-order valence-electron chi connectivity index (χ0n) is 16.4. The summed E-state index contributed by atoms with van der Waals surface area (Å²) in [5.74, 6) is 0.634. The quantitative estimate of drug-likeness (QED) is 0.662. The van der Waals surface area contributed by atoms with Gasteiger partial charge in [0.25, 0.3) is 0 Å². The Morgan fingerprint density at radius 2 is 1.89 bits per heavy atom. The summed E-state index contributed by atoms with van der Waals surface area (Å²) in [5, 5.41) is 16.3. The summed E-state index contributed by atoms with van der Waals surface area (Å²) in [6.45, 7) is 9.93. The summed E-state index contributed by atoms with van der Waals surface area (Å²) in [6, 6.07) is 1.92. The van der Waals surface area contributed by atoms with Crippen LogP contribution in [0.4, 0.5) is 5.82 Å². The van der Waals surface area contributed by atoms with Gasteiger partial charge in [-0.15, -0.1) is 0 Å². The van der Waals surface area contributed by atoms with Crippen molar-refractivity contribution in [2.45, 2.75) is 60.2 Å². The van der Waals surface area contributed by atoms with E-state index in [0.717, 1.165) is 54.3 Å². The molecule has 0 aliphatic rings. The van der Waals surface area contributed by atoms with Gasteiger partial charge in [0, 0.05) is 36.6 Å². The molecule has 8 heteroatoms. The van der Waals surface area contributed by atoms with Gasteiger partial charge in [-0.25, -0.2) is 4.68 Å². The molecule has 0 aliphatic heterocycles. The smallest absolute Gasteiger partial charge is 0.247 e. The lowest BCUT2D eigenvalue weighted by atomic mass is 10.2. The summed E-state index contributed by atoms with van der Waals surface area (Å²) in [7, 11) is 0. The topological polar surface area (TPSA) is 82.6 Å². The molecule has 3 heterocycles.